The minimum absolute atomic E-state index is 0.156. The molecule has 5 rings (SSSR count). The first-order valence-corrected chi connectivity index (χ1v) is 12.3. The third-order valence-corrected chi connectivity index (χ3v) is 6.68. The van der Waals surface area contributed by atoms with Crippen molar-refractivity contribution in [2.45, 2.75) is 13.5 Å². The van der Waals surface area contributed by atoms with Gasteiger partial charge in [-0.25, -0.2) is 9.69 Å². The van der Waals surface area contributed by atoms with E-state index in [0.717, 1.165) is 21.4 Å². The lowest BCUT2D eigenvalue weighted by atomic mass is 10.1. The fourth-order valence-electron chi connectivity index (χ4n) is 4.30. The molecule has 38 heavy (non-hydrogen) atoms. The van der Waals surface area contributed by atoms with Crippen LogP contribution in [0.25, 0.3) is 17.0 Å². The molecule has 0 aliphatic carbocycles. The predicted octanol–water partition coefficient (Wildman–Crippen LogP) is 5.36. The molecule has 0 radical (unpaired) electrons. The first-order valence-electron chi connectivity index (χ1n) is 11.9. The van der Waals surface area contributed by atoms with Gasteiger partial charge in [0.15, 0.2) is 0 Å². The molecule has 1 N–H and O–H groups in total. The molecular weight excluding hydrogens is 506 g/mol. The van der Waals surface area contributed by atoms with E-state index in [1.807, 2.05) is 66.2 Å². The summed E-state index contributed by atoms with van der Waals surface area (Å²) in [5, 5.41) is 3.52. The number of nitrogens with one attached hydrogen (secondary N) is 1. The molecule has 1 aliphatic rings. The number of para-hydroxylation sites is 1. The number of benzene rings is 3. The third kappa shape index (κ3) is 4.86. The van der Waals surface area contributed by atoms with Crippen molar-refractivity contribution < 1.29 is 23.9 Å². The molecule has 3 aromatic carbocycles. The van der Waals surface area contributed by atoms with Gasteiger partial charge in [-0.2, -0.15) is 0 Å². The number of imide groups is 2. The molecule has 1 aliphatic heterocycles. The number of halogens is 1. The van der Waals surface area contributed by atoms with Gasteiger partial charge in [0.1, 0.15) is 23.7 Å². The molecule has 1 aromatic heterocycles. The quantitative estimate of drug-likeness (QED) is 0.257. The highest BCUT2D eigenvalue weighted by molar-refractivity contribution is 6.39. The Bertz CT molecular complexity index is 1610. The zero-order chi connectivity index (χ0) is 26.8. The number of anilines is 1. The average Bonchev–Trinajstić information content (AvgIpc) is 3.26. The molecule has 8 nitrogen and oxygen atoms in total. The fourth-order valence-corrected chi connectivity index (χ4v) is 4.47. The molecule has 0 saturated carbocycles. The van der Waals surface area contributed by atoms with Gasteiger partial charge < -0.3 is 14.0 Å². The molecule has 2 heterocycles. The van der Waals surface area contributed by atoms with E-state index in [2.05, 4.69) is 5.32 Å². The molecule has 9 heteroatoms. The van der Waals surface area contributed by atoms with Crippen LogP contribution < -0.4 is 19.7 Å². The van der Waals surface area contributed by atoms with E-state index in [0.29, 0.717) is 35.2 Å². The van der Waals surface area contributed by atoms with E-state index in [-0.39, 0.29) is 11.3 Å². The van der Waals surface area contributed by atoms with E-state index < -0.39 is 17.8 Å². The van der Waals surface area contributed by atoms with Crippen LogP contribution in [0.2, 0.25) is 5.02 Å². The molecule has 192 valence electrons. The highest BCUT2D eigenvalue weighted by Gasteiger charge is 2.37. The number of barbiturate groups is 1. The molecule has 0 unspecified atom stereocenters. The number of fused-ring (bicyclic) bond motifs is 1. The van der Waals surface area contributed by atoms with Gasteiger partial charge in [0.25, 0.3) is 11.8 Å². The van der Waals surface area contributed by atoms with Crippen molar-refractivity contribution in [2.75, 3.05) is 18.6 Å². The average molecular weight is 530 g/mol. The second-order valence-electron chi connectivity index (χ2n) is 8.71. The van der Waals surface area contributed by atoms with Crippen molar-refractivity contribution in [1.82, 2.24) is 9.88 Å². The van der Waals surface area contributed by atoms with Crippen LogP contribution >= 0.6 is 11.6 Å². The van der Waals surface area contributed by atoms with Crippen LogP contribution in [0, 0.1) is 6.92 Å². The van der Waals surface area contributed by atoms with Gasteiger partial charge in [-0.15, -0.1) is 0 Å². The first kappa shape index (κ1) is 25.1. The maximum Gasteiger partial charge on any atom is 0.335 e. The number of carbonyl (C=O) groups is 3. The Kier molecular flexibility index (Phi) is 6.89. The van der Waals surface area contributed by atoms with Crippen molar-refractivity contribution in [1.29, 1.82) is 0 Å². The van der Waals surface area contributed by atoms with Crippen molar-refractivity contribution >= 4 is 52.1 Å². The molecule has 1 fully saturated rings. The standard InChI is InChI=1S/C29H24ClN3O5/c1-18-10-11-20(15-25(18)30)33-28(35)24(27(34)31-29(33)36)14-19-17-32(26-9-4-3-8-23(19)26)12-13-38-22-7-5-6-21(16-22)37-2/h3-11,14-17H,12-13H2,1-2H3,(H,31,34,36)/b24-14+. The van der Waals surface area contributed by atoms with Crippen molar-refractivity contribution in [3.05, 3.63) is 94.6 Å². The monoisotopic (exact) mass is 529 g/mol. The van der Waals surface area contributed by atoms with E-state index in [1.54, 1.807) is 19.2 Å². The summed E-state index contributed by atoms with van der Waals surface area (Å²) in [6, 6.07) is 19.0. The van der Waals surface area contributed by atoms with E-state index in [4.69, 9.17) is 21.1 Å². The number of ether oxygens (including phenoxy) is 2. The van der Waals surface area contributed by atoms with Gasteiger partial charge >= 0.3 is 6.03 Å². The summed E-state index contributed by atoms with van der Waals surface area (Å²) < 4.78 is 13.1. The van der Waals surface area contributed by atoms with Crippen LogP contribution in [0.3, 0.4) is 0 Å². The highest BCUT2D eigenvalue weighted by Crippen LogP contribution is 2.29. The SMILES string of the molecule is COc1cccc(OCCn2cc(/C=C3\C(=O)NC(=O)N(c4ccc(C)c(Cl)c4)C3=O)c3ccccc32)c1. The van der Waals surface area contributed by atoms with Crippen LogP contribution in [0.4, 0.5) is 10.5 Å². The number of methoxy groups -OCH3 is 1. The number of nitrogens with zero attached hydrogens (tertiary/aromatic N) is 2. The minimum Gasteiger partial charge on any atom is -0.497 e. The summed E-state index contributed by atoms with van der Waals surface area (Å²) in [6.07, 6.45) is 3.37. The Morgan fingerprint density at radius 2 is 1.76 bits per heavy atom. The number of amides is 4. The molecular formula is C29H24ClN3O5. The largest absolute Gasteiger partial charge is 0.497 e. The lowest BCUT2D eigenvalue weighted by Gasteiger charge is -2.26. The maximum absolute atomic E-state index is 13.4. The van der Waals surface area contributed by atoms with Gasteiger partial charge in [-0.1, -0.05) is 41.9 Å². The number of rotatable bonds is 7. The number of urea groups is 1. The fraction of sp³-hybridized carbons (Fsp3) is 0.138. The Hall–Kier alpha value is -4.56. The highest BCUT2D eigenvalue weighted by atomic mass is 35.5. The van der Waals surface area contributed by atoms with Crippen molar-refractivity contribution in [2.24, 2.45) is 0 Å². The maximum atomic E-state index is 13.4. The smallest absolute Gasteiger partial charge is 0.335 e. The Balaban J connectivity index is 1.44. The molecule has 0 spiro atoms. The molecule has 4 amide bonds. The Morgan fingerprint density at radius 3 is 2.55 bits per heavy atom. The number of aromatic nitrogens is 1. The minimum atomic E-state index is -0.825. The topological polar surface area (TPSA) is 89.9 Å². The van der Waals surface area contributed by atoms with E-state index in [1.165, 1.54) is 12.1 Å². The van der Waals surface area contributed by atoms with Gasteiger partial charge in [-0.05, 0) is 48.9 Å². The molecule has 1 saturated heterocycles. The Morgan fingerprint density at radius 1 is 0.974 bits per heavy atom. The Labute approximate surface area is 224 Å². The van der Waals surface area contributed by atoms with E-state index >= 15 is 0 Å². The van der Waals surface area contributed by atoms with Crippen molar-refractivity contribution in [3.8, 4) is 11.5 Å². The van der Waals surface area contributed by atoms with Crippen LogP contribution in [-0.2, 0) is 16.1 Å². The lowest BCUT2D eigenvalue weighted by molar-refractivity contribution is -0.122. The van der Waals surface area contributed by atoms with E-state index in [9.17, 15) is 14.4 Å². The summed E-state index contributed by atoms with van der Waals surface area (Å²) in [6.45, 7) is 2.72. The van der Waals surface area contributed by atoms with Crippen LogP contribution in [0.15, 0.2) is 78.5 Å². The summed E-state index contributed by atoms with van der Waals surface area (Å²) in [5.41, 5.74) is 2.50. The summed E-state index contributed by atoms with van der Waals surface area (Å²) in [5.74, 6) is -0.0863. The number of aryl methyl sites for hydroxylation is 1. The third-order valence-electron chi connectivity index (χ3n) is 6.28. The number of hydrogen-bond donors (Lipinski definition) is 1. The van der Waals surface area contributed by atoms with Crippen LogP contribution in [0.5, 0.6) is 11.5 Å². The normalized spacial score (nSPS) is 14.8. The zero-order valence-corrected chi connectivity index (χ0v) is 21.5. The predicted molar refractivity (Wildman–Crippen MR) is 146 cm³/mol. The summed E-state index contributed by atoms with van der Waals surface area (Å²) in [4.78, 5) is 39.6. The van der Waals surface area contributed by atoms with Gasteiger partial charge in [0.05, 0.1) is 19.3 Å². The lowest BCUT2D eigenvalue weighted by Crippen LogP contribution is -2.54. The second-order valence-corrected chi connectivity index (χ2v) is 9.12. The number of hydrogen-bond acceptors (Lipinski definition) is 5. The first-order chi connectivity index (χ1) is 18.4. The zero-order valence-electron chi connectivity index (χ0n) is 20.7. The number of carbonyl (C=O) groups excluding carboxylic acids is 3. The van der Waals surface area contributed by atoms with Crippen LogP contribution in [0.1, 0.15) is 11.1 Å². The van der Waals surface area contributed by atoms with Gasteiger partial charge in [0, 0.05) is 33.8 Å². The van der Waals surface area contributed by atoms with Crippen LogP contribution in [-0.4, -0.2) is 36.1 Å². The van der Waals surface area contributed by atoms with Gasteiger partial charge in [0.2, 0.25) is 0 Å². The molecule has 4 aromatic rings. The molecule has 0 atom stereocenters. The second kappa shape index (κ2) is 10.4. The molecule has 0 bridgehead atoms. The van der Waals surface area contributed by atoms with Crippen molar-refractivity contribution in [3.63, 3.8) is 0 Å². The summed E-state index contributed by atoms with van der Waals surface area (Å²) >= 11 is 6.22. The summed E-state index contributed by atoms with van der Waals surface area (Å²) in [7, 11) is 1.60. The van der Waals surface area contributed by atoms with Gasteiger partial charge in [-0.3, -0.25) is 14.9 Å².